The summed E-state index contributed by atoms with van der Waals surface area (Å²) in [5.41, 5.74) is 1.98. The summed E-state index contributed by atoms with van der Waals surface area (Å²) >= 11 is 7.63. The van der Waals surface area contributed by atoms with Crippen LogP contribution < -0.4 is 5.32 Å². The molecule has 1 N–H and O–H groups in total. The molecule has 1 aromatic heterocycles. The lowest BCUT2D eigenvalue weighted by Gasteiger charge is -2.05. The fraction of sp³-hybridized carbons (Fsp3) is 0.286. The van der Waals surface area contributed by atoms with Crippen LogP contribution in [0.4, 0.5) is 5.69 Å². The van der Waals surface area contributed by atoms with Gasteiger partial charge in [-0.15, -0.1) is 11.3 Å². The highest BCUT2D eigenvalue weighted by Crippen LogP contribution is 2.23. The lowest BCUT2D eigenvalue weighted by atomic mass is 10.2. The number of rotatable bonds is 5. The molecule has 0 aliphatic rings. The van der Waals surface area contributed by atoms with Crippen molar-refractivity contribution >= 4 is 28.6 Å². The van der Waals surface area contributed by atoms with Gasteiger partial charge in [-0.05, 0) is 37.6 Å². The van der Waals surface area contributed by atoms with Crippen molar-refractivity contribution in [3.8, 4) is 0 Å². The van der Waals surface area contributed by atoms with E-state index in [1.165, 1.54) is 27.5 Å². The van der Waals surface area contributed by atoms with Crippen molar-refractivity contribution in [3.63, 3.8) is 0 Å². The first-order valence-corrected chi connectivity index (χ1v) is 7.36. The van der Waals surface area contributed by atoms with Gasteiger partial charge in [0.2, 0.25) is 0 Å². The Labute approximate surface area is 126 Å². The molecule has 20 heavy (non-hydrogen) atoms. The van der Waals surface area contributed by atoms with Gasteiger partial charge in [0, 0.05) is 39.5 Å². The molecule has 0 spiro atoms. The molecule has 6 heteroatoms. The maximum Gasteiger partial charge on any atom is 0.273 e. The Morgan fingerprint density at radius 1 is 1.30 bits per heavy atom. The summed E-state index contributed by atoms with van der Waals surface area (Å²) in [6, 6.07) is 6.75. The first kappa shape index (κ1) is 15.0. The van der Waals surface area contributed by atoms with Crippen LogP contribution in [-0.2, 0) is 13.1 Å². The van der Waals surface area contributed by atoms with Crippen LogP contribution in [-0.4, -0.2) is 4.92 Å². The van der Waals surface area contributed by atoms with Crippen molar-refractivity contribution in [3.05, 3.63) is 60.3 Å². The number of nitrogens with zero attached hydrogens (tertiary/aromatic N) is 1. The van der Waals surface area contributed by atoms with Crippen LogP contribution in [0.2, 0.25) is 5.02 Å². The minimum Gasteiger partial charge on any atom is -0.308 e. The number of thiophene rings is 1. The third-order valence-corrected chi connectivity index (χ3v) is 4.46. The van der Waals surface area contributed by atoms with E-state index in [1.807, 2.05) is 0 Å². The van der Waals surface area contributed by atoms with E-state index in [4.69, 9.17) is 11.6 Å². The summed E-state index contributed by atoms with van der Waals surface area (Å²) in [6.45, 7) is 5.29. The summed E-state index contributed by atoms with van der Waals surface area (Å²) in [5, 5.41) is 14.7. The molecule has 1 aromatic carbocycles. The fourth-order valence-electron chi connectivity index (χ4n) is 1.93. The van der Waals surface area contributed by atoms with Crippen molar-refractivity contribution in [2.24, 2.45) is 0 Å². The normalized spacial score (nSPS) is 10.8. The molecule has 0 bridgehead atoms. The molecule has 2 rings (SSSR count). The van der Waals surface area contributed by atoms with Crippen molar-refractivity contribution < 1.29 is 4.92 Å². The maximum absolute atomic E-state index is 11.0. The van der Waals surface area contributed by atoms with E-state index in [0.717, 1.165) is 0 Å². The Bertz CT molecular complexity index is 621. The average Bonchev–Trinajstić information content (AvgIpc) is 2.68. The van der Waals surface area contributed by atoms with Crippen LogP contribution in [0.5, 0.6) is 0 Å². The van der Waals surface area contributed by atoms with Gasteiger partial charge in [-0.1, -0.05) is 11.6 Å². The molecule has 0 unspecified atom stereocenters. The summed E-state index contributed by atoms with van der Waals surface area (Å²) in [7, 11) is 0. The molecule has 106 valence electrons. The average molecular weight is 311 g/mol. The lowest BCUT2D eigenvalue weighted by Crippen LogP contribution is -2.13. The summed E-state index contributed by atoms with van der Waals surface area (Å²) < 4.78 is 0. The van der Waals surface area contributed by atoms with E-state index < -0.39 is 0 Å². The van der Waals surface area contributed by atoms with Gasteiger partial charge < -0.3 is 5.32 Å². The Morgan fingerprint density at radius 3 is 2.65 bits per heavy atom. The zero-order valence-electron chi connectivity index (χ0n) is 11.3. The third kappa shape index (κ3) is 3.56. The minimum atomic E-state index is -0.382. The minimum absolute atomic E-state index is 0.0976. The first-order chi connectivity index (χ1) is 9.47. The molecule has 2 aromatic rings. The number of aryl methyl sites for hydroxylation is 2. The highest BCUT2D eigenvalue weighted by Gasteiger charge is 2.13. The molecule has 0 fully saturated rings. The molecule has 0 atom stereocenters. The largest absolute Gasteiger partial charge is 0.308 e. The summed E-state index contributed by atoms with van der Waals surface area (Å²) in [6.07, 6.45) is 0. The predicted molar refractivity (Wildman–Crippen MR) is 82.4 cm³/mol. The second kappa shape index (κ2) is 6.35. The number of nitrogens with one attached hydrogen (secondary N) is 1. The Morgan fingerprint density at radius 2 is 2.05 bits per heavy atom. The van der Waals surface area contributed by atoms with Gasteiger partial charge in [-0.3, -0.25) is 10.1 Å². The van der Waals surface area contributed by atoms with E-state index in [9.17, 15) is 10.1 Å². The van der Waals surface area contributed by atoms with Crippen molar-refractivity contribution in [1.29, 1.82) is 0 Å². The maximum atomic E-state index is 11.0. The lowest BCUT2D eigenvalue weighted by molar-refractivity contribution is -0.385. The van der Waals surface area contributed by atoms with Crippen LogP contribution in [0.15, 0.2) is 24.3 Å². The molecular weight excluding hydrogens is 296 g/mol. The fourth-order valence-corrected chi connectivity index (χ4v) is 3.15. The molecule has 4 nitrogen and oxygen atoms in total. The van der Waals surface area contributed by atoms with E-state index >= 15 is 0 Å². The molecule has 1 heterocycles. The first-order valence-electron chi connectivity index (χ1n) is 6.17. The van der Waals surface area contributed by atoms with Gasteiger partial charge >= 0.3 is 0 Å². The summed E-state index contributed by atoms with van der Waals surface area (Å²) in [5.74, 6) is 0. The Balaban J connectivity index is 2.03. The van der Waals surface area contributed by atoms with Crippen molar-refractivity contribution in [2.75, 3.05) is 0 Å². The van der Waals surface area contributed by atoms with Crippen LogP contribution in [0, 0.1) is 24.0 Å². The summed E-state index contributed by atoms with van der Waals surface area (Å²) in [4.78, 5) is 13.1. The van der Waals surface area contributed by atoms with Gasteiger partial charge in [0.25, 0.3) is 5.69 Å². The van der Waals surface area contributed by atoms with Crippen LogP contribution in [0.3, 0.4) is 0 Å². The van der Waals surface area contributed by atoms with E-state index in [2.05, 4.69) is 25.2 Å². The quantitative estimate of drug-likeness (QED) is 0.664. The monoisotopic (exact) mass is 310 g/mol. The number of hydrogen-bond acceptors (Lipinski definition) is 4. The molecule has 0 aliphatic carbocycles. The van der Waals surface area contributed by atoms with Gasteiger partial charge in [-0.2, -0.15) is 0 Å². The van der Waals surface area contributed by atoms with Crippen LogP contribution >= 0.6 is 22.9 Å². The second-order valence-electron chi connectivity index (χ2n) is 4.59. The molecular formula is C14H15ClN2O2S. The number of benzene rings is 1. The van der Waals surface area contributed by atoms with Gasteiger partial charge in [-0.25, -0.2) is 0 Å². The van der Waals surface area contributed by atoms with Gasteiger partial charge in [0.1, 0.15) is 0 Å². The standard InChI is InChI=1S/C14H15ClN2O2S/c1-9-5-13(20-10(9)2)8-16-7-11-6-12(15)3-4-14(11)17(18)19/h3-6,16H,7-8H2,1-2H3. The molecule has 0 radical (unpaired) electrons. The van der Waals surface area contributed by atoms with Gasteiger partial charge in [0.05, 0.1) is 4.92 Å². The van der Waals surface area contributed by atoms with E-state index in [0.29, 0.717) is 23.7 Å². The third-order valence-electron chi connectivity index (χ3n) is 3.07. The highest BCUT2D eigenvalue weighted by atomic mass is 35.5. The van der Waals surface area contributed by atoms with Crippen LogP contribution in [0.1, 0.15) is 20.9 Å². The molecule has 0 aliphatic heterocycles. The zero-order chi connectivity index (χ0) is 14.7. The molecule has 0 saturated carbocycles. The Hall–Kier alpha value is -1.43. The van der Waals surface area contributed by atoms with Crippen molar-refractivity contribution in [2.45, 2.75) is 26.9 Å². The topological polar surface area (TPSA) is 55.2 Å². The van der Waals surface area contributed by atoms with E-state index in [-0.39, 0.29) is 10.6 Å². The molecule has 0 amide bonds. The number of nitro benzene ring substituents is 1. The van der Waals surface area contributed by atoms with Crippen molar-refractivity contribution in [1.82, 2.24) is 5.32 Å². The number of hydrogen-bond donors (Lipinski definition) is 1. The number of halogens is 1. The van der Waals surface area contributed by atoms with E-state index in [1.54, 1.807) is 17.4 Å². The van der Waals surface area contributed by atoms with Crippen LogP contribution in [0.25, 0.3) is 0 Å². The zero-order valence-corrected chi connectivity index (χ0v) is 12.8. The molecule has 0 saturated heterocycles. The smallest absolute Gasteiger partial charge is 0.273 e. The SMILES string of the molecule is Cc1cc(CNCc2cc(Cl)ccc2[N+](=O)[O-])sc1C. The van der Waals surface area contributed by atoms with Gasteiger partial charge in [0.15, 0.2) is 0 Å². The highest BCUT2D eigenvalue weighted by molar-refractivity contribution is 7.12. The second-order valence-corrected chi connectivity index (χ2v) is 6.36. The Kier molecular flexibility index (Phi) is 4.75. The predicted octanol–water partition coefficient (Wildman–Crippen LogP) is 4.22. The number of nitro groups is 1.